The normalized spacial score (nSPS) is 26.3. The lowest BCUT2D eigenvalue weighted by Crippen LogP contribution is -2.26. The molecule has 0 nitrogen and oxygen atoms in total. The largest absolute Gasteiger partial charge is 0.0654 e. The van der Waals surface area contributed by atoms with Gasteiger partial charge in [0.25, 0.3) is 0 Å². The first-order valence-corrected chi connectivity index (χ1v) is 14.9. The molecule has 0 spiro atoms. The van der Waals surface area contributed by atoms with Crippen LogP contribution < -0.4 is 0 Å². The Morgan fingerprint density at radius 1 is 0.500 bits per heavy atom. The SMILES string of the molecule is CCCCCCc1ccc(CCC2CCC(C3CCC(CCCCCC)CC3)CC2)cc1. The summed E-state index contributed by atoms with van der Waals surface area (Å²) >= 11 is 0. The van der Waals surface area contributed by atoms with Gasteiger partial charge < -0.3 is 0 Å². The number of unbranched alkanes of at least 4 members (excludes halogenated alkanes) is 6. The Hall–Kier alpha value is -0.780. The van der Waals surface area contributed by atoms with Crippen molar-refractivity contribution < 1.29 is 0 Å². The van der Waals surface area contributed by atoms with E-state index in [0.717, 1.165) is 23.7 Å². The van der Waals surface area contributed by atoms with Gasteiger partial charge in [0.05, 0.1) is 0 Å². The lowest BCUT2D eigenvalue weighted by atomic mass is 9.68. The number of hydrogen-bond acceptors (Lipinski definition) is 0. The van der Waals surface area contributed by atoms with Gasteiger partial charge in [-0.05, 0) is 86.2 Å². The summed E-state index contributed by atoms with van der Waals surface area (Å²) in [5.41, 5.74) is 3.11. The molecule has 1 aromatic carbocycles. The van der Waals surface area contributed by atoms with Gasteiger partial charge in [0, 0.05) is 0 Å². The summed E-state index contributed by atoms with van der Waals surface area (Å²) in [6.45, 7) is 4.62. The van der Waals surface area contributed by atoms with E-state index in [-0.39, 0.29) is 0 Å². The van der Waals surface area contributed by atoms with Crippen molar-refractivity contribution in [1.29, 1.82) is 0 Å². The maximum Gasteiger partial charge on any atom is -0.0276 e. The molecule has 0 atom stereocenters. The third-order valence-electron chi connectivity index (χ3n) is 9.10. The summed E-state index contributed by atoms with van der Waals surface area (Å²) in [6.07, 6.45) is 29.1. The van der Waals surface area contributed by atoms with Crippen LogP contribution in [0.4, 0.5) is 0 Å². The Morgan fingerprint density at radius 3 is 1.50 bits per heavy atom. The predicted octanol–water partition coefficient (Wildman–Crippen LogP) is 10.3. The van der Waals surface area contributed by atoms with Gasteiger partial charge in [0.1, 0.15) is 0 Å². The Labute approximate surface area is 201 Å². The Morgan fingerprint density at radius 2 is 0.969 bits per heavy atom. The molecule has 2 fully saturated rings. The second-order valence-electron chi connectivity index (χ2n) is 11.6. The molecular formula is C32H54. The first kappa shape index (κ1) is 25.8. The van der Waals surface area contributed by atoms with Gasteiger partial charge >= 0.3 is 0 Å². The lowest BCUT2D eigenvalue weighted by Gasteiger charge is -2.38. The van der Waals surface area contributed by atoms with Crippen LogP contribution >= 0.6 is 0 Å². The third-order valence-corrected chi connectivity index (χ3v) is 9.10. The van der Waals surface area contributed by atoms with Crippen LogP contribution in [-0.4, -0.2) is 0 Å². The van der Waals surface area contributed by atoms with E-state index in [1.807, 2.05) is 0 Å². The topological polar surface area (TPSA) is 0 Å². The van der Waals surface area contributed by atoms with Crippen molar-refractivity contribution in [1.82, 2.24) is 0 Å². The van der Waals surface area contributed by atoms with Crippen LogP contribution in [0.25, 0.3) is 0 Å². The van der Waals surface area contributed by atoms with Gasteiger partial charge in [-0.15, -0.1) is 0 Å². The molecule has 0 amide bonds. The van der Waals surface area contributed by atoms with Crippen LogP contribution in [0.15, 0.2) is 24.3 Å². The highest BCUT2D eigenvalue weighted by Crippen LogP contribution is 2.43. The van der Waals surface area contributed by atoms with E-state index in [1.165, 1.54) is 103 Å². The van der Waals surface area contributed by atoms with Crippen molar-refractivity contribution >= 4 is 0 Å². The standard InChI is InChI=1S/C32H54/c1-3-5-7-9-11-27-13-15-29(16-14-27)17-18-30-21-25-32(26-22-30)31-23-19-28(20-24-31)12-10-8-6-4-2/h13-16,28,30-32H,3-12,17-26H2,1-2H3. The molecule has 0 unspecified atom stereocenters. The van der Waals surface area contributed by atoms with E-state index < -0.39 is 0 Å². The van der Waals surface area contributed by atoms with E-state index in [2.05, 4.69) is 38.1 Å². The smallest absolute Gasteiger partial charge is 0.0276 e. The van der Waals surface area contributed by atoms with Gasteiger partial charge in [0.15, 0.2) is 0 Å². The highest BCUT2D eigenvalue weighted by Gasteiger charge is 2.30. The number of hydrogen-bond donors (Lipinski definition) is 0. The summed E-state index contributed by atoms with van der Waals surface area (Å²) in [7, 11) is 0. The summed E-state index contributed by atoms with van der Waals surface area (Å²) < 4.78 is 0. The average Bonchev–Trinajstić information content (AvgIpc) is 2.85. The monoisotopic (exact) mass is 438 g/mol. The molecule has 2 saturated carbocycles. The van der Waals surface area contributed by atoms with Gasteiger partial charge in [-0.2, -0.15) is 0 Å². The first-order chi connectivity index (χ1) is 15.8. The molecule has 1 aromatic rings. The molecule has 0 aliphatic heterocycles. The van der Waals surface area contributed by atoms with Gasteiger partial charge in [-0.25, -0.2) is 0 Å². The quantitative estimate of drug-likeness (QED) is 0.253. The molecular weight excluding hydrogens is 384 g/mol. The highest BCUT2D eigenvalue weighted by molar-refractivity contribution is 5.22. The van der Waals surface area contributed by atoms with E-state index in [4.69, 9.17) is 0 Å². The third kappa shape index (κ3) is 9.23. The highest BCUT2D eigenvalue weighted by atomic mass is 14.4. The van der Waals surface area contributed by atoms with Crippen LogP contribution in [0, 0.1) is 23.7 Å². The summed E-state index contributed by atoms with van der Waals surface area (Å²) in [5.74, 6) is 4.21. The van der Waals surface area contributed by atoms with Crippen molar-refractivity contribution in [3.63, 3.8) is 0 Å². The van der Waals surface area contributed by atoms with E-state index >= 15 is 0 Å². The molecule has 32 heavy (non-hydrogen) atoms. The van der Waals surface area contributed by atoms with Gasteiger partial charge in [0.2, 0.25) is 0 Å². The van der Waals surface area contributed by atoms with Gasteiger partial charge in [-0.1, -0.05) is 115 Å². The number of aryl methyl sites for hydroxylation is 2. The first-order valence-electron chi connectivity index (χ1n) is 14.9. The van der Waals surface area contributed by atoms with Gasteiger partial charge in [-0.3, -0.25) is 0 Å². The van der Waals surface area contributed by atoms with E-state index in [9.17, 15) is 0 Å². The molecule has 0 radical (unpaired) electrons. The maximum atomic E-state index is 2.42. The van der Waals surface area contributed by atoms with Crippen LogP contribution in [0.3, 0.4) is 0 Å². The maximum absolute atomic E-state index is 2.42. The molecule has 0 N–H and O–H groups in total. The molecule has 2 aliphatic rings. The summed E-state index contributed by atoms with van der Waals surface area (Å²) in [5, 5.41) is 0. The molecule has 2 aliphatic carbocycles. The lowest BCUT2D eigenvalue weighted by molar-refractivity contribution is 0.140. The zero-order valence-electron chi connectivity index (χ0n) is 21.8. The van der Waals surface area contributed by atoms with Crippen LogP contribution in [0.5, 0.6) is 0 Å². The van der Waals surface area contributed by atoms with Crippen molar-refractivity contribution in [3.8, 4) is 0 Å². The number of rotatable bonds is 14. The zero-order valence-corrected chi connectivity index (χ0v) is 21.8. The minimum Gasteiger partial charge on any atom is -0.0654 e. The van der Waals surface area contributed by atoms with E-state index in [1.54, 1.807) is 36.8 Å². The minimum absolute atomic E-state index is 0.995. The fourth-order valence-electron chi connectivity index (χ4n) is 6.76. The second-order valence-corrected chi connectivity index (χ2v) is 11.6. The van der Waals surface area contributed by atoms with E-state index in [0.29, 0.717) is 0 Å². The second kappa shape index (κ2) is 15.2. The molecule has 0 saturated heterocycles. The Bertz CT molecular complexity index is 569. The molecule has 0 bridgehead atoms. The van der Waals surface area contributed by atoms with Crippen molar-refractivity contribution in [2.24, 2.45) is 23.7 Å². The Kier molecular flexibility index (Phi) is 12.3. The zero-order chi connectivity index (χ0) is 22.4. The molecule has 3 rings (SSSR count). The molecule has 0 heteroatoms. The molecule has 0 aromatic heterocycles. The van der Waals surface area contributed by atoms with Crippen LogP contribution in [0.2, 0.25) is 0 Å². The summed E-state index contributed by atoms with van der Waals surface area (Å²) in [6, 6.07) is 9.64. The molecule has 0 heterocycles. The number of benzene rings is 1. The average molecular weight is 439 g/mol. The van der Waals surface area contributed by atoms with Crippen LogP contribution in [-0.2, 0) is 12.8 Å². The fourth-order valence-corrected chi connectivity index (χ4v) is 6.76. The van der Waals surface area contributed by atoms with Crippen molar-refractivity contribution in [3.05, 3.63) is 35.4 Å². The molecule has 182 valence electrons. The van der Waals surface area contributed by atoms with Crippen molar-refractivity contribution in [2.45, 2.75) is 142 Å². The van der Waals surface area contributed by atoms with Crippen LogP contribution in [0.1, 0.15) is 141 Å². The van der Waals surface area contributed by atoms with Crippen molar-refractivity contribution in [2.75, 3.05) is 0 Å². The predicted molar refractivity (Wildman–Crippen MR) is 142 cm³/mol. The summed E-state index contributed by atoms with van der Waals surface area (Å²) in [4.78, 5) is 0. The Balaban J connectivity index is 1.27. The minimum atomic E-state index is 0.995. The fraction of sp³-hybridized carbons (Fsp3) is 0.812.